The van der Waals surface area contributed by atoms with E-state index in [1.54, 1.807) is 30.3 Å². The number of ether oxygens (including phenoxy) is 1. The van der Waals surface area contributed by atoms with E-state index in [1.165, 1.54) is 26.2 Å². The van der Waals surface area contributed by atoms with Crippen molar-refractivity contribution in [3.05, 3.63) is 53.1 Å². The van der Waals surface area contributed by atoms with E-state index in [4.69, 9.17) is 16.3 Å². The Hall–Kier alpha value is -2.78. The van der Waals surface area contributed by atoms with Gasteiger partial charge in [-0.2, -0.15) is 0 Å². The lowest BCUT2D eigenvalue weighted by Gasteiger charge is -2.24. The zero-order valence-electron chi connectivity index (χ0n) is 18.4. The first kappa shape index (κ1) is 25.5. The molecular formula is C22H28ClN3O5S. The summed E-state index contributed by atoms with van der Waals surface area (Å²) in [7, 11) is -2.08. The fourth-order valence-corrected chi connectivity index (χ4v) is 3.61. The largest absolute Gasteiger partial charge is 0.494 e. The molecular weight excluding hydrogens is 454 g/mol. The Kier molecular flexibility index (Phi) is 8.91. The summed E-state index contributed by atoms with van der Waals surface area (Å²) in [6, 6.07) is 10.2. The molecule has 0 saturated heterocycles. The quantitative estimate of drug-likeness (QED) is 0.476. The fourth-order valence-electron chi connectivity index (χ4n) is 2.84. The first-order valence-electron chi connectivity index (χ1n) is 10.2. The molecule has 8 nitrogen and oxygen atoms in total. The molecule has 2 unspecified atom stereocenters. The lowest BCUT2D eigenvalue weighted by Crippen LogP contribution is -2.47. The smallest absolute Gasteiger partial charge is 0.251 e. The predicted octanol–water partition coefficient (Wildman–Crippen LogP) is 3.89. The molecule has 0 bridgehead atoms. The van der Waals surface area contributed by atoms with E-state index in [1.807, 2.05) is 13.8 Å². The highest BCUT2D eigenvalue weighted by Crippen LogP contribution is 2.29. The van der Waals surface area contributed by atoms with E-state index >= 15 is 0 Å². The molecule has 0 aliphatic heterocycles. The second kappa shape index (κ2) is 11.2. The Morgan fingerprint density at radius 2 is 1.75 bits per heavy atom. The average Bonchev–Trinajstić information content (AvgIpc) is 2.77. The lowest BCUT2D eigenvalue weighted by molar-refractivity contribution is -0.119. The van der Waals surface area contributed by atoms with Gasteiger partial charge in [0.15, 0.2) is 0 Å². The third kappa shape index (κ3) is 6.86. The highest BCUT2D eigenvalue weighted by atomic mass is 35.5. The molecule has 2 atom stereocenters. The van der Waals surface area contributed by atoms with Crippen molar-refractivity contribution in [3.63, 3.8) is 0 Å². The van der Waals surface area contributed by atoms with Crippen LogP contribution in [0.1, 0.15) is 37.6 Å². The van der Waals surface area contributed by atoms with E-state index in [0.717, 1.165) is 0 Å². The van der Waals surface area contributed by atoms with Crippen LogP contribution in [0.2, 0.25) is 5.02 Å². The van der Waals surface area contributed by atoms with Crippen LogP contribution in [0.3, 0.4) is 0 Å². The lowest BCUT2D eigenvalue weighted by atomic mass is 9.97. The van der Waals surface area contributed by atoms with Crippen molar-refractivity contribution in [2.45, 2.75) is 33.2 Å². The van der Waals surface area contributed by atoms with Crippen LogP contribution < -0.4 is 20.1 Å². The summed E-state index contributed by atoms with van der Waals surface area (Å²) in [6.45, 7) is 5.32. The van der Waals surface area contributed by atoms with Gasteiger partial charge in [-0.1, -0.05) is 31.9 Å². The van der Waals surface area contributed by atoms with E-state index in [-0.39, 0.29) is 29.0 Å². The Morgan fingerprint density at radius 3 is 2.31 bits per heavy atom. The van der Waals surface area contributed by atoms with Crippen LogP contribution in [0, 0.1) is 5.92 Å². The molecule has 2 aromatic carbocycles. The van der Waals surface area contributed by atoms with E-state index in [9.17, 15) is 18.0 Å². The first-order chi connectivity index (χ1) is 15.1. The zero-order valence-corrected chi connectivity index (χ0v) is 20.0. The van der Waals surface area contributed by atoms with E-state index < -0.39 is 22.0 Å². The second-order valence-corrected chi connectivity index (χ2v) is 9.70. The van der Waals surface area contributed by atoms with E-state index in [0.29, 0.717) is 22.7 Å². The van der Waals surface area contributed by atoms with Crippen molar-refractivity contribution >= 4 is 44.8 Å². The molecule has 2 aromatic rings. The Balaban J connectivity index is 2.20. The minimum absolute atomic E-state index is 0.0848. The molecule has 0 aliphatic rings. The molecule has 0 saturated carbocycles. The molecule has 2 rings (SSSR count). The maximum absolute atomic E-state index is 13.0. The predicted molar refractivity (Wildman–Crippen MR) is 127 cm³/mol. The number of halogens is 1. The Bertz CT molecular complexity index is 1060. The van der Waals surface area contributed by atoms with Crippen molar-refractivity contribution in [1.82, 2.24) is 5.32 Å². The van der Waals surface area contributed by atoms with Gasteiger partial charge in [0.05, 0.1) is 18.6 Å². The Morgan fingerprint density at radius 1 is 1.09 bits per heavy atom. The first-order valence-corrected chi connectivity index (χ1v) is 12.2. The molecule has 0 radical (unpaired) electrons. The van der Waals surface area contributed by atoms with Gasteiger partial charge in [0.25, 0.3) is 5.91 Å². The van der Waals surface area contributed by atoms with Crippen LogP contribution in [0.5, 0.6) is 5.75 Å². The van der Waals surface area contributed by atoms with Crippen molar-refractivity contribution in [2.24, 2.45) is 5.92 Å². The van der Waals surface area contributed by atoms with Crippen LogP contribution >= 0.6 is 11.6 Å². The minimum Gasteiger partial charge on any atom is -0.494 e. The summed E-state index contributed by atoms with van der Waals surface area (Å²) < 4.78 is 31.4. The molecule has 10 heteroatoms. The Labute approximate surface area is 193 Å². The number of amides is 2. The van der Waals surface area contributed by atoms with Crippen LogP contribution in [-0.2, 0) is 14.8 Å². The van der Waals surface area contributed by atoms with Gasteiger partial charge in [-0.15, -0.1) is 0 Å². The number of carbonyl (C=O) groups excluding carboxylic acids is 2. The summed E-state index contributed by atoms with van der Waals surface area (Å²) in [5.41, 5.74) is 1.06. The molecule has 174 valence electrons. The van der Waals surface area contributed by atoms with Gasteiger partial charge in [0.1, 0.15) is 11.8 Å². The molecule has 0 heterocycles. The summed E-state index contributed by atoms with van der Waals surface area (Å²) >= 11 is 5.87. The maximum atomic E-state index is 13.0. The molecule has 0 aromatic heterocycles. The number of hydrogen-bond donors (Lipinski definition) is 3. The number of rotatable bonds is 10. The summed E-state index contributed by atoms with van der Waals surface area (Å²) in [5, 5.41) is 6.07. The monoisotopic (exact) mass is 481 g/mol. The van der Waals surface area contributed by atoms with Crippen LogP contribution in [0.15, 0.2) is 42.5 Å². The van der Waals surface area contributed by atoms with Gasteiger partial charge in [-0.25, -0.2) is 8.42 Å². The highest BCUT2D eigenvalue weighted by Gasteiger charge is 2.27. The molecule has 32 heavy (non-hydrogen) atoms. The van der Waals surface area contributed by atoms with Gasteiger partial charge < -0.3 is 15.4 Å². The van der Waals surface area contributed by atoms with Crippen LogP contribution in [0.25, 0.3) is 0 Å². The molecule has 2 amide bonds. The maximum Gasteiger partial charge on any atom is 0.251 e. The number of anilines is 2. The molecule has 0 spiro atoms. The zero-order chi connectivity index (χ0) is 23.9. The molecule has 0 aliphatic carbocycles. The molecule has 0 fully saturated rings. The number of nitrogens with one attached hydrogen (secondary N) is 3. The van der Waals surface area contributed by atoms with Gasteiger partial charge in [-0.3, -0.25) is 14.3 Å². The second-order valence-electron chi connectivity index (χ2n) is 7.25. The van der Waals surface area contributed by atoms with Gasteiger partial charge in [-0.05, 0) is 49.2 Å². The van der Waals surface area contributed by atoms with Crippen molar-refractivity contribution in [2.75, 3.05) is 22.9 Å². The summed E-state index contributed by atoms with van der Waals surface area (Å²) in [5.74, 6) is -0.748. The number of hydrogen-bond acceptors (Lipinski definition) is 5. The standard InChI is InChI=1S/C22H28ClN3O5S/c1-5-14(3)20(25-21(27)15-7-9-16(23)10-8-15)22(28)24-17-11-12-18(19(13-17)31-4)26-32(29,30)6-2/h7-14,20,26H,5-6H2,1-4H3,(H,24,28)(H,25,27). The number of methoxy groups -OCH3 is 1. The van der Waals surface area contributed by atoms with E-state index in [2.05, 4.69) is 15.4 Å². The van der Waals surface area contributed by atoms with Crippen molar-refractivity contribution in [1.29, 1.82) is 0 Å². The molecule has 3 N–H and O–H groups in total. The van der Waals surface area contributed by atoms with Crippen molar-refractivity contribution in [3.8, 4) is 5.75 Å². The van der Waals surface area contributed by atoms with Gasteiger partial charge >= 0.3 is 0 Å². The highest BCUT2D eigenvalue weighted by molar-refractivity contribution is 7.92. The third-order valence-electron chi connectivity index (χ3n) is 5.00. The fraction of sp³-hybridized carbons (Fsp3) is 0.364. The average molecular weight is 482 g/mol. The number of benzene rings is 2. The van der Waals surface area contributed by atoms with Crippen molar-refractivity contribution < 1.29 is 22.7 Å². The summed E-state index contributed by atoms with van der Waals surface area (Å²) in [6.07, 6.45) is 0.667. The van der Waals surface area contributed by atoms with Gasteiger partial charge in [0, 0.05) is 22.3 Å². The topological polar surface area (TPSA) is 114 Å². The third-order valence-corrected chi connectivity index (χ3v) is 6.55. The SMILES string of the molecule is CCC(C)C(NC(=O)c1ccc(Cl)cc1)C(=O)Nc1ccc(NS(=O)(=O)CC)c(OC)c1. The van der Waals surface area contributed by atoms with Crippen LogP contribution in [0.4, 0.5) is 11.4 Å². The minimum atomic E-state index is -3.48. The summed E-state index contributed by atoms with van der Waals surface area (Å²) in [4.78, 5) is 25.6. The van der Waals surface area contributed by atoms with Gasteiger partial charge in [0.2, 0.25) is 15.9 Å². The number of carbonyl (C=O) groups is 2. The van der Waals surface area contributed by atoms with Crippen LogP contribution in [-0.4, -0.2) is 39.1 Å². The normalized spacial score (nSPS) is 13.0. The number of sulfonamides is 1.